The summed E-state index contributed by atoms with van der Waals surface area (Å²) in [7, 11) is 0. The van der Waals surface area contributed by atoms with Crippen LogP contribution in [0.4, 0.5) is 0 Å². The van der Waals surface area contributed by atoms with Crippen molar-refractivity contribution in [1.82, 2.24) is 9.88 Å². The van der Waals surface area contributed by atoms with E-state index in [9.17, 15) is 10.0 Å². The summed E-state index contributed by atoms with van der Waals surface area (Å²) in [6, 6.07) is 12.6. The number of benzene rings is 1. The van der Waals surface area contributed by atoms with Crippen molar-refractivity contribution in [2.45, 2.75) is 51.9 Å². The average molecular weight is 443 g/mol. The number of carbonyl (C=O) groups excluding carboxylic acids is 1. The van der Waals surface area contributed by atoms with Crippen LogP contribution in [0.1, 0.15) is 57.8 Å². The van der Waals surface area contributed by atoms with Crippen molar-refractivity contribution < 1.29 is 14.7 Å². The molecule has 1 amide bonds. The van der Waals surface area contributed by atoms with Crippen LogP contribution in [-0.4, -0.2) is 34.1 Å². The minimum absolute atomic E-state index is 0.163. The summed E-state index contributed by atoms with van der Waals surface area (Å²) in [4.78, 5) is 19.8. The van der Waals surface area contributed by atoms with Gasteiger partial charge >= 0.3 is 0 Å². The number of fused-ring (bicyclic) bond motifs is 2. The highest BCUT2D eigenvalue weighted by Crippen LogP contribution is 2.43. The molecule has 0 radical (unpaired) electrons. The number of amides is 1. The Morgan fingerprint density at radius 2 is 1.82 bits per heavy atom. The maximum atomic E-state index is 12.9. The van der Waals surface area contributed by atoms with Gasteiger partial charge in [0, 0.05) is 42.1 Å². The lowest BCUT2D eigenvalue weighted by molar-refractivity contribution is -0.904. The molecular weight excluding hydrogens is 410 g/mol. The number of aryl methyl sites for hydroxylation is 4. The quantitative estimate of drug-likeness (QED) is 0.494. The van der Waals surface area contributed by atoms with Gasteiger partial charge in [0.1, 0.15) is 0 Å². The van der Waals surface area contributed by atoms with Crippen LogP contribution >= 0.6 is 0 Å². The summed E-state index contributed by atoms with van der Waals surface area (Å²) in [5.41, 5.74) is 9.20. The van der Waals surface area contributed by atoms with Crippen molar-refractivity contribution in [2.75, 3.05) is 13.1 Å². The SMILES string of the molecule is Cc1cc(C)c2c(c1)CCc1cccnc1C2C1CCN(C(=O)Cc2cc[n+](O)cc2)CC1. The Labute approximate surface area is 195 Å². The standard InChI is InChI=1S/C28H32N3O2/c1-19-16-20(2)26-24(17-19)6-5-23-4-3-11-29-28(23)27(26)22-9-12-30(13-10-22)25(32)18-21-7-14-31(33)15-8-21/h3-4,7-8,11,14-17,22,27,33H,5-6,9-10,12-13,18H2,1-2H3/q+1. The maximum Gasteiger partial charge on any atom is 0.226 e. The smallest absolute Gasteiger partial charge is 0.226 e. The van der Waals surface area contributed by atoms with Gasteiger partial charge in [-0.25, -0.2) is 0 Å². The first kappa shape index (κ1) is 21.6. The van der Waals surface area contributed by atoms with Crippen molar-refractivity contribution >= 4 is 5.91 Å². The fourth-order valence-corrected chi connectivity index (χ4v) is 5.86. The van der Waals surface area contributed by atoms with Gasteiger partial charge in [-0.15, -0.1) is 0 Å². The molecule has 1 aromatic carbocycles. The highest BCUT2D eigenvalue weighted by atomic mass is 16.5. The van der Waals surface area contributed by atoms with Crippen molar-refractivity contribution in [3.05, 3.63) is 94.1 Å². The fraction of sp³-hybridized carbons (Fsp3) is 0.393. The topological polar surface area (TPSA) is 57.3 Å². The highest BCUT2D eigenvalue weighted by Gasteiger charge is 2.35. The Morgan fingerprint density at radius 3 is 2.58 bits per heavy atom. The lowest BCUT2D eigenvalue weighted by atomic mass is 9.75. The molecular formula is C28H32N3O2+. The van der Waals surface area contributed by atoms with E-state index in [0.717, 1.165) is 49.1 Å². The number of likely N-dealkylation sites (tertiary alicyclic amines) is 1. The van der Waals surface area contributed by atoms with Crippen LogP contribution in [0.5, 0.6) is 0 Å². The number of piperidine rings is 1. The first-order valence-corrected chi connectivity index (χ1v) is 12.0. The third kappa shape index (κ3) is 4.37. The molecule has 1 aliphatic carbocycles. The van der Waals surface area contributed by atoms with Crippen LogP contribution in [0, 0.1) is 19.8 Å². The summed E-state index contributed by atoms with van der Waals surface area (Å²) in [6.45, 7) is 6.02. The van der Waals surface area contributed by atoms with E-state index < -0.39 is 0 Å². The van der Waals surface area contributed by atoms with E-state index in [0.29, 0.717) is 18.3 Å². The molecule has 33 heavy (non-hydrogen) atoms. The predicted octanol–water partition coefficient (Wildman–Crippen LogP) is 3.94. The van der Waals surface area contributed by atoms with E-state index in [1.54, 1.807) is 24.5 Å². The highest BCUT2D eigenvalue weighted by molar-refractivity contribution is 5.78. The Hall–Kier alpha value is -3.21. The van der Waals surface area contributed by atoms with E-state index in [1.807, 2.05) is 11.1 Å². The second kappa shape index (κ2) is 8.97. The van der Waals surface area contributed by atoms with Crippen LogP contribution in [0.2, 0.25) is 0 Å². The Bertz CT molecular complexity index is 1160. The largest absolute Gasteiger partial charge is 0.342 e. The van der Waals surface area contributed by atoms with Gasteiger partial charge in [0.25, 0.3) is 0 Å². The van der Waals surface area contributed by atoms with Gasteiger partial charge in [0.15, 0.2) is 0 Å². The number of aromatic nitrogens is 2. The fourth-order valence-electron chi connectivity index (χ4n) is 5.86. The Kier molecular flexibility index (Phi) is 5.88. The number of nitrogens with zero attached hydrogens (tertiary/aromatic N) is 3. The number of hydrogen-bond acceptors (Lipinski definition) is 3. The third-order valence-electron chi connectivity index (χ3n) is 7.41. The summed E-state index contributed by atoms with van der Waals surface area (Å²) < 4.78 is 0.999. The van der Waals surface area contributed by atoms with Gasteiger partial charge in [-0.2, -0.15) is 0 Å². The van der Waals surface area contributed by atoms with Gasteiger partial charge in [-0.3, -0.25) is 15.0 Å². The zero-order valence-electron chi connectivity index (χ0n) is 19.5. The minimum atomic E-state index is 0.163. The monoisotopic (exact) mass is 442 g/mol. The molecule has 1 fully saturated rings. The van der Waals surface area contributed by atoms with E-state index in [1.165, 1.54) is 33.5 Å². The third-order valence-corrected chi connectivity index (χ3v) is 7.41. The van der Waals surface area contributed by atoms with Crippen molar-refractivity contribution in [1.29, 1.82) is 0 Å². The van der Waals surface area contributed by atoms with E-state index >= 15 is 0 Å². The summed E-state index contributed by atoms with van der Waals surface area (Å²) in [5.74, 6) is 0.937. The van der Waals surface area contributed by atoms with Crippen LogP contribution in [0.3, 0.4) is 0 Å². The zero-order chi connectivity index (χ0) is 22.9. The molecule has 1 atom stereocenters. The number of hydrogen-bond donors (Lipinski definition) is 1. The zero-order valence-corrected chi connectivity index (χ0v) is 19.5. The molecule has 2 aromatic heterocycles. The van der Waals surface area contributed by atoms with Crippen LogP contribution in [0.25, 0.3) is 0 Å². The molecule has 170 valence electrons. The number of carbonyl (C=O) groups is 1. The van der Waals surface area contributed by atoms with E-state index in [4.69, 9.17) is 4.98 Å². The van der Waals surface area contributed by atoms with Gasteiger partial charge in [0.05, 0.1) is 12.1 Å². The Morgan fingerprint density at radius 1 is 1.09 bits per heavy atom. The molecule has 0 bridgehead atoms. The molecule has 2 aliphatic rings. The Balaban J connectivity index is 1.38. The van der Waals surface area contributed by atoms with Gasteiger partial charge in [-0.05, 0) is 79.3 Å². The second-order valence-electron chi connectivity index (χ2n) is 9.66. The first-order chi connectivity index (χ1) is 16.0. The summed E-state index contributed by atoms with van der Waals surface area (Å²) in [6.07, 6.45) is 9.53. The molecule has 1 saturated heterocycles. The molecule has 5 nitrogen and oxygen atoms in total. The van der Waals surface area contributed by atoms with Crippen LogP contribution in [0.15, 0.2) is 55.0 Å². The lowest BCUT2D eigenvalue weighted by Crippen LogP contribution is -2.41. The summed E-state index contributed by atoms with van der Waals surface area (Å²) in [5, 5.41) is 9.40. The molecule has 0 spiro atoms. The van der Waals surface area contributed by atoms with Crippen molar-refractivity contribution in [2.24, 2.45) is 5.92 Å². The lowest BCUT2D eigenvalue weighted by Gasteiger charge is -2.37. The van der Waals surface area contributed by atoms with Gasteiger partial charge in [-0.1, -0.05) is 23.8 Å². The predicted molar refractivity (Wildman–Crippen MR) is 126 cm³/mol. The normalized spacial score (nSPS) is 18.4. The number of pyridine rings is 2. The minimum Gasteiger partial charge on any atom is -0.342 e. The molecule has 1 N–H and O–H groups in total. The maximum absolute atomic E-state index is 12.9. The molecule has 1 aliphatic heterocycles. The summed E-state index contributed by atoms with van der Waals surface area (Å²) >= 11 is 0. The average Bonchev–Trinajstić information content (AvgIpc) is 2.98. The van der Waals surface area contributed by atoms with Crippen molar-refractivity contribution in [3.8, 4) is 0 Å². The van der Waals surface area contributed by atoms with Crippen LogP contribution < -0.4 is 4.73 Å². The van der Waals surface area contributed by atoms with E-state index in [2.05, 4.69) is 38.1 Å². The molecule has 3 heterocycles. The van der Waals surface area contributed by atoms with Gasteiger partial charge < -0.3 is 4.90 Å². The molecule has 3 aromatic rings. The van der Waals surface area contributed by atoms with E-state index in [-0.39, 0.29) is 5.91 Å². The van der Waals surface area contributed by atoms with Crippen molar-refractivity contribution in [3.63, 3.8) is 0 Å². The molecule has 5 rings (SSSR count). The second-order valence-corrected chi connectivity index (χ2v) is 9.66. The molecule has 1 unspecified atom stereocenters. The first-order valence-electron chi connectivity index (χ1n) is 12.0. The van der Waals surface area contributed by atoms with Gasteiger partial charge in [0.2, 0.25) is 18.3 Å². The molecule has 0 saturated carbocycles. The van der Waals surface area contributed by atoms with Crippen LogP contribution in [-0.2, 0) is 24.1 Å². The number of rotatable bonds is 3. The molecule has 5 heteroatoms.